The number of hydrogen-bond donors (Lipinski definition) is 0. The van der Waals surface area contributed by atoms with Gasteiger partial charge in [0, 0.05) is 28.1 Å². The molecule has 0 unspecified atom stereocenters. The fourth-order valence-corrected chi connectivity index (χ4v) is 10.2. The molecule has 9 aromatic rings. The molecule has 0 bridgehead atoms. The highest BCUT2D eigenvalue weighted by atomic mass is 16.5. The predicted molar refractivity (Wildman–Crippen MR) is 264 cm³/mol. The van der Waals surface area contributed by atoms with Gasteiger partial charge in [-0.1, -0.05) is 205 Å². The molecule has 11 rings (SSSR count). The van der Waals surface area contributed by atoms with Crippen LogP contribution >= 0.6 is 0 Å². The monoisotopic (exact) mass is 799 g/mol. The van der Waals surface area contributed by atoms with Gasteiger partial charge in [0.15, 0.2) is 0 Å². The third-order valence-electron chi connectivity index (χ3n) is 13.3. The summed E-state index contributed by atoms with van der Waals surface area (Å²) in [4.78, 5) is 2.61. The zero-order valence-corrected chi connectivity index (χ0v) is 36.4. The van der Waals surface area contributed by atoms with E-state index in [9.17, 15) is 0 Å². The molecule has 0 atom stereocenters. The summed E-state index contributed by atoms with van der Waals surface area (Å²) in [6, 6.07) is 69.8. The number of hydrogen-bond acceptors (Lipinski definition) is 2. The predicted octanol–water partition coefficient (Wildman–Crippen LogP) is 13.8. The minimum absolute atomic E-state index is 0.0277. The molecule has 0 fully saturated rings. The summed E-state index contributed by atoms with van der Waals surface area (Å²) in [7, 11) is 0. The molecule has 0 aliphatic carbocycles. The molecule has 2 heterocycles. The second-order valence-corrected chi connectivity index (χ2v) is 19.3. The van der Waals surface area contributed by atoms with Crippen molar-refractivity contribution in [3.05, 3.63) is 216 Å². The maximum Gasteiger partial charge on any atom is 0.256 e. The van der Waals surface area contributed by atoms with Crippen LogP contribution in [0.15, 0.2) is 188 Å². The number of anilines is 3. The van der Waals surface area contributed by atoms with Crippen molar-refractivity contribution >= 4 is 61.7 Å². The molecule has 0 amide bonds. The van der Waals surface area contributed by atoms with Crippen LogP contribution in [-0.2, 0) is 10.8 Å². The van der Waals surface area contributed by atoms with Gasteiger partial charge < -0.3 is 9.64 Å². The van der Waals surface area contributed by atoms with Gasteiger partial charge in [-0.05, 0) is 101 Å². The van der Waals surface area contributed by atoms with E-state index in [1.807, 2.05) is 0 Å². The van der Waals surface area contributed by atoms with Gasteiger partial charge in [-0.2, -0.15) is 0 Å². The van der Waals surface area contributed by atoms with Gasteiger partial charge in [-0.25, -0.2) is 0 Å². The molecule has 3 heteroatoms. The van der Waals surface area contributed by atoms with Gasteiger partial charge in [0.25, 0.3) is 6.71 Å². The first-order valence-electron chi connectivity index (χ1n) is 22.1. The lowest BCUT2D eigenvalue weighted by atomic mass is 9.34. The average molecular weight is 800 g/mol. The van der Waals surface area contributed by atoms with Crippen molar-refractivity contribution in [2.24, 2.45) is 0 Å². The summed E-state index contributed by atoms with van der Waals surface area (Å²) < 4.78 is 7.33. The van der Waals surface area contributed by atoms with Crippen LogP contribution in [0.1, 0.15) is 75.3 Å². The highest BCUT2D eigenvalue weighted by molar-refractivity contribution is 6.99. The maximum atomic E-state index is 7.33. The normalized spacial score (nSPS) is 13.2. The Labute approximate surface area is 366 Å². The van der Waals surface area contributed by atoms with E-state index in [4.69, 9.17) is 4.74 Å². The van der Waals surface area contributed by atoms with Crippen LogP contribution in [-0.4, -0.2) is 6.71 Å². The molecule has 2 aliphatic rings. The molecular weight excluding hydrogens is 749 g/mol. The van der Waals surface area contributed by atoms with Crippen molar-refractivity contribution in [2.75, 3.05) is 4.90 Å². The fourth-order valence-electron chi connectivity index (χ4n) is 10.2. The van der Waals surface area contributed by atoms with Gasteiger partial charge in [0.1, 0.15) is 11.5 Å². The lowest BCUT2D eigenvalue weighted by Gasteiger charge is -2.42. The Hall–Kier alpha value is -6.84. The Morgan fingerprint density at radius 3 is 1.53 bits per heavy atom. The topological polar surface area (TPSA) is 12.5 Å². The second-order valence-electron chi connectivity index (χ2n) is 19.3. The molecule has 2 nitrogen and oxygen atoms in total. The molecule has 0 aromatic heterocycles. The van der Waals surface area contributed by atoms with Crippen LogP contribution in [0, 0.1) is 0 Å². The smallest absolute Gasteiger partial charge is 0.256 e. The zero-order valence-electron chi connectivity index (χ0n) is 36.4. The standard InChI is InChI=1S/C59H50BNO/c1-58(2,3)42-31-33-48-50(35-42)61(57-46-28-18-16-26-44(46)55(40-24-14-9-15-25-40)45-27-17-19-29-47(45)57)51-36-43(59(4,5)6)37-53-56(51)60(48)49-32-30-41(34-52(49)62-53)54(38-20-10-7-11-21-38)39-22-12-8-13-23-39/h7-37,54H,1-6H3. The highest BCUT2D eigenvalue weighted by Crippen LogP contribution is 2.51. The first-order valence-corrected chi connectivity index (χ1v) is 22.1. The van der Waals surface area contributed by atoms with Gasteiger partial charge in [0.05, 0.1) is 5.69 Å². The quantitative estimate of drug-likeness (QED) is 0.0977. The average Bonchev–Trinajstić information content (AvgIpc) is 3.28. The van der Waals surface area contributed by atoms with E-state index in [0.29, 0.717) is 0 Å². The summed E-state index contributed by atoms with van der Waals surface area (Å²) in [6.45, 7) is 13.9. The molecule has 62 heavy (non-hydrogen) atoms. The SMILES string of the molecule is CC(C)(C)c1ccc2c(c1)N(c1c3ccccc3c(-c3ccccc3)c3ccccc13)c1cc(C(C)(C)C)cc3c1B2c1ccc(C(c2ccccc2)c2ccccc2)cc1O3. The molecular formula is C59H50BNO. The summed E-state index contributed by atoms with van der Waals surface area (Å²) in [5, 5.41) is 4.93. The Kier molecular flexibility index (Phi) is 8.84. The van der Waals surface area contributed by atoms with Gasteiger partial charge in [-0.15, -0.1) is 0 Å². The van der Waals surface area contributed by atoms with Gasteiger partial charge in [-0.3, -0.25) is 0 Å². The largest absolute Gasteiger partial charge is 0.458 e. The van der Waals surface area contributed by atoms with E-state index < -0.39 is 0 Å². The van der Waals surface area contributed by atoms with Gasteiger partial charge >= 0.3 is 0 Å². The van der Waals surface area contributed by atoms with Crippen molar-refractivity contribution in [2.45, 2.75) is 58.3 Å². The van der Waals surface area contributed by atoms with Crippen molar-refractivity contribution < 1.29 is 4.74 Å². The lowest BCUT2D eigenvalue weighted by molar-refractivity contribution is 0.482. The molecule has 0 saturated carbocycles. The fraction of sp³-hybridized carbons (Fsp3) is 0.153. The number of rotatable bonds is 5. The van der Waals surface area contributed by atoms with Crippen LogP contribution in [0.4, 0.5) is 17.1 Å². The third-order valence-corrected chi connectivity index (χ3v) is 13.3. The van der Waals surface area contributed by atoms with Crippen molar-refractivity contribution in [3.63, 3.8) is 0 Å². The van der Waals surface area contributed by atoms with E-state index in [0.717, 1.165) is 11.5 Å². The molecule has 0 spiro atoms. The first kappa shape index (κ1) is 38.1. The summed E-state index contributed by atoms with van der Waals surface area (Å²) in [5.74, 6) is 1.92. The second kappa shape index (κ2) is 14.4. The van der Waals surface area contributed by atoms with Crippen molar-refractivity contribution in [1.82, 2.24) is 0 Å². The number of nitrogens with zero attached hydrogens (tertiary/aromatic N) is 1. The van der Waals surface area contributed by atoms with Crippen LogP contribution in [0.3, 0.4) is 0 Å². The van der Waals surface area contributed by atoms with Crippen molar-refractivity contribution in [3.8, 4) is 22.6 Å². The molecule has 300 valence electrons. The van der Waals surface area contributed by atoms with Crippen LogP contribution in [0.25, 0.3) is 32.7 Å². The number of benzene rings is 9. The molecule has 9 aromatic carbocycles. The molecule has 0 radical (unpaired) electrons. The minimum atomic E-state index is -0.140. The molecule has 0 N–H and O–H groups in total. The Balaban J connectivity index is 1.21. The van der Waals surface area contributed by atoms with Gasteiger partial charge in [0.2, 0.25) is 0 Å². The Bertz CT molecular complexity index is 3080. The minimum Gasteiger partial charge on any atom is -0.458 e. The Morgan fingerprint density at radius 2 is 0.952 bits per heavy atom. The van der Waals surface area contributed by atoms with Crippen molar-refractivity contribution in [1.29, 1.82) is 0 Å². The summed E-state index contributed by atoms with van der Waals surface area (Å²) in [5.41, 5.74) is 15.9. The van der Waals surface area contributed by atoms with E-state index in [1.165, 1.54) is 93.9 Å². The summed E-state index contributed by atoms with van der Waals surface area (Å²) >= 11 is 0. The van der Waals surface area contributed by atoms with E-state index in [-0.39, 0.29) is 23.5 Å². The van der Waals surface area contributed by atoms with E-state index in [1.54, 1.807) is 0 Å². The lowest BCUT2D eigenvalue weighted by Crippen LogP contribution is -2.59. The van der Waals surface area contributed by atoms with E-state index in [2.05, 4.69) is 234 Å². The summed E-state index contributed by atoms with van der Waals surface area (Å²) in [6.07, 6.45) is 0. The zero-order chi connectivity index (χ0) is 42.3. The molecule has 0 saturated heterocycles. The van der Waals surface area contributed by atoms with Crippen LogP contribution in [0.2, 0.25) is 0 Å². The molecule has 2 aliphatic heterocycles. The Morgan fingerprint density at radius 1 is 0.435 bits per heavy atom. The van der Waals surface area contributed by atoms with Crippen LogP contribution in [0.5, 0.6) is 11.5 Å². The highest BCUT2D eigenvalue weighted by Gasteiger charge is 2.44. The first-order chi connectivity index (χ1) is 30.0. The third kappa shape index (κ3) is 6.17. The van der Waals surface area contributed by atoms with E-state index >= 15 is 0 Å². The maximum absolute atomic E-state index is 7.33. The van der Waals surface area contributed by atoms with Crippen LogP contribution < -0.4 is 26.0 Å². The number of fused-ring (bicyclic) bond motifs is 6. The number of ether oxygens (including phenoxy) is 1.